The Morgan fingerprint density at radius 1 is 1.40 bits per heavy atom. The topological polar surface area (TPSA) is 27.7 Å². The first-order valence-corrected chi connectivity index (χ1v) is 6.74. The summed E-state index contributed by atoms with van der Waals surface area (Å²) in [7, 11) is -1.97. The van der Waals surface area contributed by atoms with Gasteiger partial charge in [0.1, 0.15) is 0 Å². The average Bonchev–Trinajstić information content (AvgIpc) is 2.41. The molecule has 1 unspecified atom stereocenters. The van der Waals surface area contributed by atoms with Crippen LogP contribution in [-0.4, -0.2) is 19.3 Å². The Balaban J connectivity index is 1.91. The lowest BCUT2D eigenvalue weighted by Gasteiger charge is -2.01. The minimum Gasteiger partial charge on any atom is -0.418 e. The van der Waals surface area contributed by atoms with E-state index in [1.54, 1.807) is 0 Å². The molecule has 0 radical (unpaired) electrons. The summed E-state index contributed by atoms with van der Waals surface area (Å²) >= 11 is 0. The molecule has 1 saturated heterocycles. The zero-order valence-corrected chi connectivity index (χ0v) is 8.91. The molecule has 0 amide bonds. The van der Waals surface area contributed by atoms with Gasteiger partial charge in [0, 0.05) is 0 Å². The normalized spacial score (nSPS) is 27.9. The third-order valence-corrected chi connectivity index (χ3v) is 5.29. The molecule has 1 atom stereocenters. The van der Waals surface area contributed by atoms with E-state index in [2.05, 4.69) is 6.92 Å². The van der Waals surface area contributed by atoms with Crippen molar-refractivity contribution in [1.29, 1.82) is 0 Å². The molecule has 0 aromatic rings. The summed E-state index contributed by atoms with van der Waals surface area (Å²) in [6.45, 7) is 2.20. The van der Waals surface area contributed by atoms with Crippen molar-refractivity contribution in [1.82, 2.24) is 0 Å². The van der Waals surface area contributed by atoms with Crippen molar-refractivity contribution < 1.29 is 13.3 Å². The van der Waals surface area contributed by atoms with Crippen molar-refractivity contribution in [3.8, 4) is 0 Å². The molecule has 3 nitrogen and oxygen atoms in total. The van der Waals surface area contributed by atoms with Crippen LogP contribution in [0.25, 0.3) is 0 Å². The summed E-state index contributed by atoms with van der Waals surface area (Å²) in [6, 6.07) is 1.13. The summed E-state index contributed by atoms with van der Waals surface area (Å²) in [5.74, 6) is 0. The molecule has 0 aliphatic carbocycles. The Morgan fingerprint density at radius 3 is 2.90 bits per heavy atom. The molecule has 5 heteroatoms. The van der Waals surface area contributed by atoms with Gasteiger partial charge in [0.25, 0.3) is 0 Å². The highest BCUT2D eigenvalue weighted by Gasteiger charge is 2.20. The van der Waals surface area contributed by atoms with E-state index in [0.717, 1.165) is 6.04 Å². The van der Waals surface area contributed by atoms with E-state index in [-0.39, 0.29) is 0 Å². The lowest BCUT2D eigenvalue weighted by molar-refractivity contribution is -0.0927. The quantitative estimate of drug-likeness (QED) is 0.354. The van der Waals surface area contributed by atoms with Crippen LogP contribution < -0.4 is 0 Å². The van der Waals surface area contributed by atoms with Crippen LogP contribution in [0.5, 0.6) is 0 Å². The molecule has 1 fully saturated rings. The fourth-order valence-corrected chi connectivity index (χ4v) is 4.19. The van der Waals surface area contributed by atoms with E-state index in [1.807, 2.05) is 0 Å². The molecular formula is C5H14O3Si2. The summed E-state index contributed by atoms with van der Waals surface area (Å²) in [4.78, 5) is 0. The highest BCUT2D eigenvalue weighted by Crippen LogP contribution is 2.09. The van der Waals surface area contributed by atoms with Crippen LogP contribution in [0.4, 0.5) is 0 Å². The average molecular weight is 178 g/mol. The van der Waals surface area contributed by atoms with Gasteiger partial charge in [-0.05, 0) is 6.04 Å². The second kappa shape index (κ2) is 5.03. The van der Waals surface area contributed by atoms with Crippen LogP contribution in [-0.2, 0) is 13.3 Å². The van der Waals surface area contributed by atoms with Crippen molar-refractivity contribution in [2.75, 3.05) is 0 Å². The van der Waals surface area contributed by atoms with Crippen LogP contribution in [0.15, 0.2) is 0 Å². The molecule has 1 rings (SSSR count). The number of unbranched alkanes of at least 4 members (excludes halogenated alkanes) is 2. The maximum absolute atomic E-state index is 5.33. The van der Waals surface area contributed by atoms with Crippen molar-refractivity contribution in [3.05, 3.63) is 0 Å². The number of hydrogen-bond donors (Lipinski definition) is 0. The standard InChI is InChI=1S/C5H14O3Si2/c1-2-3-4-5-10-7-6-9-8-10/h10H,2-5,9H2,1H3. The van der Waals surface area contributed by atoms with Crippen LogP contribution in [0, 0.1) is 0 Å². The fourth-order valence-electron chi connectivity index (χ4n) is 0.928. The molecule has 1 heterocycles. The van der Waals surface area contributed by atoms with Gasteiger partial charge >= 0.3 is 19.3 Å². The van der Waals surface area contributed by atoms with Gasteiger partial charge in [-0.15, -0.1) is 0 Å². The molecule has 1 aliphatic rings. The SMILES string of the molecule is CCCCC[SiH]1OO[SiH2]O1. The monoisotopic (exact) mass is 178 g/mol. The summed E-state index contributed by atoms with van der Waals surface area (Å²) in [5, 5.41) is 0. The Morgan fingerprint density at radius 2 is 2.30 bits per heavy atom. The first-order chi connectivity index (χ1) is 4.93. The highest BCUT2D eigenvalue weighted by atomic mass is 28.4. The van der Waals surface area contributed by atoms with Crippen molar-refractivity contribution in [2.24, 2.45) is 0 Å². The van der Waals surface area contributed by atoms with Crippen molar-refractivity contribution in [2.45, 2.75) is 32.2 Å². The molecule has 0 aromatic heterocycles. The molecule has 1 aliphatic heterocycles. The summed E-state index contributed by atoms with van der Waals surface area (Å²) in [5.41, 5.74) is 0. The molecule has 0 bridgehead atoms. The van der Waals surface area contributed by atoms with E-state index in [4.69, 9.17) is 13.3 Å². The Labute approximate surface area is 65.5 Å². The Hall–Kier alpha value is 0.314. The van der Waals surface area contributed by atoms with E-state index in [0.29, 0.717) is 0 Å². The minimum absolute atomic E-state index is 0.699. The van der Waals surface area contributed by atoms with Crippen LogP contribution in [0.2, 0.25) is 6.04 Å². The predicted octanol–water partition coefficient (Wildman–Crippen LogP) is 0.374. The zero-order chi connectivity index (χ0) is 7.23. The van der Waals surface area contributed by atoms with Crippen molar-refractivity contribution in [3.63, 3.8) is 0 Å². The van der Waals surface area contributed by atoms with E-state index < -0.39 is 19.3 Å². The third-order valence-electron chi connectivity index (χ3n) is 1.52. The molecule has 10 heavy (non-hydrogen) atoms. The molecular weight excluding hydrogens is 164 g/mol. The fraction of sp³-hybridized carbons (Fsp3) is 1.00. The van der Waals surface area contributed by atoms with Gasteiger partial charge in [-0.2, -0.15) is 0 Å². The third kappa shape index (κ3) is 2.93. The maximum atomic E-state index is 5.33. The summed E-state index contributed by atoms with van der Waals surface area (Å²) in [6.07, 6.45) is 3.79. The maximum Gasteiger partial charge on any atom is 0.349 e. The smallest absolute Gasteiger partial charge is 0.349 e. The van der Waals surface area contributed by atoms with Gasteiger partial charge in [0.2, 0.25) is 0 Å². The second-order valence-electron chi connectivity index (χ2n) is 2.42. The van der Waals surface area contributed by atoms with Gasteiger partial charge in [-0.3, -0.25) is 9.15 Å². The van der Waals surface area contributed by atoms with Crippen LogP contribution in [0.1, 0.15) is 26.2 Å². The molecule has 0 saturated carbocycles. The Bertz CT molecular complexity index is 85.0. The van der Waals surface area contributed by atoms with E-state index >= 15 is 0 Å². The number of hydrogen-bond acceptors (Lipinski definition) is 3. The minimum atomic E-state index is -1.27. The van der Waals surface area contributed by atoms with Gasteiger partial charge in [0.05, 0.1) is 0 Å². The largest absolute Gasteiger partial charge is 0.418 e. The summed E-state index contributed by atoms with van der Waals surface area (Å²) < 4.78 is 15.1. The lowest BCUT2D eigenvalue weighted by atomic mass is 10.3. The lowest BCUT2D eigenvalue weighted by Crippen LogP contribution is -2.12. The van der Waals surface area contributed by atoms with Gasteiger partial charge < -0.3 is 4.12 Å². The van der Waals surface area contributed by atoms with Crippen LogP contribution >= 0.6 is 0 Å². The first-order valence-electron chi connectivity index (χ1n) is 3.83. The van der Waals surface area contributed by atoms with Crippen molar-refractivity contribution >= 4 is 19.3 Å². The second-order valence-corrected chi connectivity index (χ2v) is 5.86. The number of rotatable bonds is 4. The molecule has 0 spiro atoms. The van der Waals surface area contributed by atoms with Gasteiger partial charge in [0.15, 0.2) is 0 Å². The predicted molar refractivity (Wildman–Crippen MR) is 43.3 cm³/mol. The zero-order valence-electron chi connectivity index (χ0n) is 6.34. The van der Waals surface area contributed by atoms with Crippen LogP contribution in [0.3, 0.4) is 0 Å². The van der Waals surface area contributed by atoms with E-state index in [9.17, 15) is 0 Å². The molecule has 60 valence electrons. The van der Waals surface area contributed by atoms with Gasteiger partial charge in [-0.25, -0.2) is 0 Å². The first kappa shape index (κ1) is 8.41. The van der Waals surface area contributed by atoms with E-state index in [1.165, 1.54) is 19.3 Å². The highest BCUT2D eigenvalue weighted by molar-refractivity contribution is 6.53. The Kier molecular flexibility index (Phi) is 4.23. The van der Waals surface area contributed by atoms with Gasteiger partial charge in [-0.1, -0.05) is 26.2 Å². The molecule has 0 aromatic carbocycles. The molecule has 0 N–H and O–H groups in total.